The first-order valence-electron chi connectivity index (χ1n) is 7.05. The molecule has 0 radical (unpaired) electrons. The van der Waals surface area contributed by atoms with Gasteiger partial charge in [0, 0.05) is 50.4 Å². The maximum atomic E-state index is 11.6. The summed E-state index contributed by atoms with van der Waals surface area (Å²) in [5, 5.41) is 10.8. The van der Waals surface area contributed by atoms with Gasteiger partial charge in [-0.3, -0.25) is 19.8 Å². The minimum absolute atomic E-state index is 0.106. The van der Waals surface area contributed by atoms with Crippen molar-refractivity contribution in [1.82, 2.24) is 4.90 Å². The van der Waals surface area contributed by atoms with Gasteiger partial charge in [0.25, 0.3) is 5.69 Å². The SMILES string of the molecule is O=C1OCCC1N1CCN(c2cccc([N+](=O)[O-])c2)CC1. The first kappa shape index (κ1) is 13.8. The van der Waals surface area contributed by atoms with Crippen molar-refractivity contribution in [2.45, 2.75) is 12.5 Å². The van der Waals surface area contributed by atoms with Gasteiger partial charge in [-0.2, -0.15) is 0 Å². The average molecular weight is 291 g/mol. The minimum Gasteiger partial charge on any atom is -0.464 e. The van der Waals surface area contributed by atoms with Crippen LogP contribution in [0.5, 0.6) is 0 Å². The Morgan fingerprint density at radius 1 is 1.24 bits per heavy atom. The molecule has 0 N–H and O–H groups in total. The van der Waals surface area contributed by atoms with Gasteiger partial charge in [-0.1, -0.05) is 6.07 Å². The van der Waals surface area contributed by atoms with Gasteiger partial charge in [0.2, 0.25) is 0 Å². The summed E-state index contributed by atoms with van der Waals surface area (Å²) < 4.78 is 5.00. The number of carbonyl (C=O) groups excluding carboxylic acids is 1. The normalized spacial score (nSPS) is 23.1. The van der Waals surface area contributed by atoms with Crippen LogP contribution in [0, 0.1) is 10.1 Å². The quantitative estimate of drug-likeness (QED) is 0.470. The van der Waals surface area contributed by atoms with Gasteiger partial charge >= 0.3 is 5.97 Å². The summed E-state index contributed by atoms with van der Waals surface area (Å²) in [6, 6.07) is 6.56. The van der Waals surface area contributed by atoms with Crippen molar-refractivity contribution in [3.05, 3.63) is 34.4 Å². The number of rotatable bonds is 3. The summed E-state index contributed by atoms with van der Waals surface area (Å²) in [7, 11) is 0. The molecule has 1 atom stereocenters. The molecule has 3 rings (SSSR count). The van der Waals surface area contributed by atoms with E-state index >= 15 is 0 Å². The molecule has 0 amide bonds. The minimum atomic E-state index is -0.381. The molecule has 2 saturated heterocycles. The average Bonchev–Trinajstić information content (AvgIpc) is 2.94. The smallest absolute Gasteiger partial charge is 0.323 e. The maximum Gasteiger partial charge on any atom is 0.323 e. The molecule has 1 unspecified atom stereocenters. The van der Waals surface area contributed by atoms with Crippen LogP contribution in [0.15, 0.2) is 24.3 Å². The largest absolute Gasteiger partial charge is 0.464 e. The molecule has 2 aliphatic heterocycles. The van der Waals surface area contributed by atoms with Gasteiger partial charge in [0.15, 0.2) is 0 Å². The van der Waals surface area contributed by atoms with E-state index in [1.165, 1.54) is 6.07 Å². The van der Waals surface area contributed by atoms with E-state index in [2.05, 4.69) is 9.80 Å². The standard InChI is InChI=1S/C14H17N3O4/c18-14-13(4-9-21-14)16-7-5-15(6-8-16)11-2-1-3-12(10-11)17(19)20/h1-3,10,13H,4-9H2. The van der Waals surface area contributed by atoms with E-state index in [9.17, 15) is 14.9 Å². The number of esters is 1. The summed E-state index contributed by atoms with van der Waals surface area (Å²) in [5.74, 6) is -0.126. The van der Waals surface area contributed by atoms with E-state index in [-0.39, 0.29) is 22.6 Å². The number of hydrogen-bond acceptors (Lipinski definition) is 6. The van der Waals surface area contributed by atoms with E-state index in [4.69, 9.17) is 4.74 Å². The van der Waals surface area contributed by atoms with Crippen LogP contribution in [0.1, 0.15) is 6.42 Å². The summed E-state index contributed by atoms with van der Waals surface area (Å²) in [6.07, 6.45) is 0.760. The fourth-order valence-electron chi connectivity index (χ4n) is 2.91. The molecule has 112 valence electrons. The second kappa shape index (κ2) is 5.69. The Labute approximate surface area is 122 Å². The molecule has 7 heteroatoms. The fraction of sp³-hybridized carbons (Fsp3) is 0.500. The summed E-state index contributed by atoms with van der Waals surface area (Å²) in [5.41, 5.74) is 0.965. The van der Waals surface area contributed by atoms with E-state index in [1.54, 1.807) is 12.1 Å². The molecule has 0 spiro atoms. The number of cyclic esters (lactones) is 1. The number of piperazine rings is 1. The van der Waals surface area contributed by atoms with Gasteiger partial charge < -0.3 is 9.64 Å². The number of hydrogen-bond donors (Lipinski definition) is 0. The van der Waals surface area contributed by atoms with Crippen molar-refractivity contribution in [3.8, 4) is 0 Å². The summed E-state index contributed by atoms with van der Waals surface area (Å²) in [4.78, 5) is 26.3. The van der Waals surface area contributed by atoms with Crippen LogP contribution in [0.25, 0.3) is 0 Å². The van der Waals surface area contributed by atoms with Gasteiger partial charge in [0.05, 0.1) is 11.5 Å². The molecule has 1 aromatic rings. The van der Waals surface area contributed by atoms with Crippen LogP contribution < -0.4 is 4.90 Å². The lowest BCUT2D eigenvalue weighted by molar-refractivity contribution is -0.384. The number of nitro groups is 1. The van der Waals surface area contributed by atoms with Crippen molar-refractivity contribution in [3.63, 3.8) is 0 Å². The third-order valence-corrected chi connectivity index (χ3v) is 4.07. The number of benzene rings is 1. The zero-order valence-corrected chi connectivity index (χ0v) is 11.6. The van der Waals surface area contributed by atoms with Crippen molar-refractivity contribution in [2.24, 2.45) is 0 Å². The Morgan fingerprint density at radius 2 is 2.00 bits per heavy atom. The lowest BCUT2D eigenvalue weighted by Gasteiger charge is -2.37. The molecule has 0 saturated carbocycles. The van der Waals surface area contributed by atoms with Crippen LogP contribution in [0.2, 0.25) is 0 Å². The van der Waals surface area contributed by atoms with Crippen molar-refractivity contribution in [1.29, 1.82) is 0 Å². The predicted molar refractivity (Wildman–Crippen MR) is 76.2 cm³/mol. The molecule has 2 aliphatic rings. The number of anilines is 1. The highest BCUT2D eigenvalue weighted by Crippen LogP contribution is 2.23. The highest BCUT2D eigenvalue weighted by Gasteiger charge is 2.34. The maximum absolute atomic E-state index is 11.6. The Balaban J connectivity index is 1.64. The first-order valence-corrected chi connectivity index (χ1v) is 7.05. The topological polar surface area (TPSA) is 75.9 Å². The molecule has 21 heavy (non-hydrogen) atoms. The molecule has 2 heterocycles. The Kier molecular flexibility index (Phi) is 3.74. The third-order valence-electron chi connectivity index (χ3n) is 4.07. The molecule has 0 aromatic heterocycles. The highest BCUT2D eigenvalue weighted by molar-refractivity contribution is 5.77. The molecule has 2 fully saturated rings. The third kappa shape index (κ3) is 2.82. The summed E-state index contributed by atoms with van der Waals surface area (Å²) >= 11 is 0. The molecule has 0 aliphatic carbocycles. The van der Waals surface area contributed by atoms with Crippen molar-refractivity contribution >= 4 is 17.3 Å². The van der Waals surface area contributed by atoms with Gasteiger partial charge in [-0.05, 0) is 6.07 Å². The van der Waals surface area contributed by atoms with Crippen LogP contribution in [-0.2, 0) is 9.53 Å². The second-order valence-corrected chi connectivity index (χ2v) is 5.27. The van der Waals surface area contributed by atoms with E-state index in [0.717, 1.165) is 38.3 Å². The monoisotopic (exact) mass is 291 g/mol. The summed E-state index contributed by atoms with van der Waals surface area (Å²) in [6.45, 7) is 3.55. The Morgan fingerprint density at radius 3 is 2.62 bits per heavy atom. The second-order valence-electron chi connectivity index (χ2n) is 5.27. The zero-order chi connectivity index (χ0) is 14.8. The zero-order valence-electron chi connectivity index (χ0n) is 11.6. The van der Waals surface area contributed by atoms with Crippen LogP contribution >= 0.6 is 0 Å². The Bertz CT molecular complexity index is 555. The number of nitrogens with zero attached hydrogens (tertiary/aromatic N) is 3. The van der Waals surface area contributed by atoms with Crippen molar-refractivity contribution < 1.29 is 14.5 Å². The van der Waals surface area contributed by atoms with Gasteiger partial charge in [-0.15, -0.1) is 0 Å². The van der Waals surface area contributed by atoms with Gasteiger partial charge in [0.1, 0.15) is 6.04 Å². The van der Waals surface area contributed by atoms with Crippen LogP contribution in [-0.4, -0.2) is 54.6 Å². The number of non-ortho nitro benzene ring substituents is 1. The molecule has 0 bridgehead atoms. The van der Waals surface area contributed by atoms with E-state index in [1.807, 2.05) is 6.07 Å². The molecular formula is C14H17N3O4. The number of ether oxygens (including phenoxy) is 1. The van der Waals surface area contributed by atoms with E-state index in [0.29, 0.717) is 6.61 Å². The highest BCUT2D eigenvalue weighted by atomic mass is 16.6. The lowest BCUT2D eigenvalue weighted by Crippen LogP contribution is -2.51. The number of nitro benzene ring substituents is 1. The van der Waals surface area contributed by atoms with Crippen molar-refractivity contribution in [2.75, 3.05) is 37.7 Å². The van der Waals surface area contributed by atoms with Crippen LogP contribution in [0.4, 0.5) is 11.4 Å². The molecular weight excluding hydrogens is 274 g/mol. The fourth-order valence-corrected chi connectivity index (χ4v) is 2.91. The molecule has 7 nitrogen and oxygen atoms in total. The van der Waals surface area contributed by atoms with Crippen LogP contribution in [0.3, 0.4) is 0 Å². The Hall–Kier alpha value is -2.15. The van der Waals surface area contributed by atoms with Gasteiger partial charge in [-0.25, -0.2) is 0 Å². The van der Waals surface area contributed by atoms with E-state index < -0.39 is 0 Å². The first-order chi connectivity index (χ1) is 10.1. The molecule has 1 aromatic carbocycles. The lowest BCUT2D eigenvalue weighted by atomic mass is 10.1. The number of carbonyl (C=O) groups is 1. The predicted octanol–water partition coefficient (Wildman–Crippen LogP) is 1.03.